The molecule has 0 aromatic rings. The molecule has 0 saturated heterocycles. The van der Waals surface area contributed by atoms with Gasteiger partial charge in [-0.2, -0.15) is 0 Å². The summed E-state index contributed by atoms with van der Waals surface area (Å²) in [5, 5.41) is 20.4. The zero-order chi connectivity index (χ0) is 42.1. The molecule has 0 aliphatic carbocycles. The van der Waals surface area contributed by atoms with E-state index in [1.807, 2.05) is 6.08 Å². The van der Waals surface area contributed by atoms with Crippen LogP contribution in [0.5, 0.6) is 0 Å². The number of esters is 2. The van der Waals surface area contributed by atoms with Crippen LogP contribution in [0.2, 0.25) is 0 Å². The first kappa shape index (κ1) is 55.7. The normalized spacial score (nSPS) is 14.4. The van der Waals surface area contributed by atoms with Crippen LogP contribution in [0.4, 0.5) is 0 Å². The monoisotopic (exact) mass is 834 g/mol. The smallest absolute Gasteiger partial charge is 0.462 e. The van der Waals surface area contributed by atoms with E-state index in [2.05, 4.69) is 19.9 Å². The molecule has 0 aromatic carbocycles. The number of phosphoric ester groups is 1. The van der Waals surface area contributed by atoms with E-state index in [1.165, 1.54) is 116 Å². The highest BCUT2D eigenvalue weighted by atomic mass is 31.2. The van der Waals surface area contributed by atoms with Crippen LogP contribution in [0.1, 0.15) is 219 Å². The van der Waals surface area contributed by atoms with Gasteiger partial charge in [-0.3, -0.25) is 18.6 Å². The Balaban J connectivity index is 4.17. The molecular weight excluding hydrogens is 745 g/mol. The van der Waals surface area contributed by atoms with Gasteiger partial charge in [-0.05, 0) is 38.5 Å². The number of nitrogens with two attached hydrogens (primary N) is 1. The molecule has 0 fully saturated rings. The second kappa shape index (κ2) is 41.4. The Morgan fingerprint density at radius 2 is 1.04 bits per heavy atom. The summed E-state index contributed by atoms with van der Waals surface area (Å²) in [6.45, 7) is 3.53. The fraction of sp³-hybridized carbons (Fsp3) is 0.911. The summed E-state index contributed by atoms with van der Waals surface area (Å²) in [4.78, 5) is 34.9. The number of unbranched alkanes of at least 4 members (excludes halogenated alkanes) is 25. The Bertz CT molecular complexity index is 984. The Kier molecular flexibility index (Phi) is 40.4. The second-order valence-electron chi connectivity index (χ2n) is 15.9. The number of carbonyl (C=O) groups is 2. The van der Waals surface area contributed by atoms with Crippen molar-refractivity contribution in [1.29, 1.82) is 0 Å². The zero-order valence-electron chi connectivity index (χ0n) is 36.6. The first-order valence-electron chi connectivity index (χ1n) is 23.3. The zero-order valence-corrected chi connectivity index (χ0v) is 37.5. The van der Waals surface area contributed by atoms with Crippen LogP contribution in [-0.4, -0.2) is 71.7 Å². The van der Waals surface area contributed by atoms with E-state index in [9.17, 15) is 29.3 Å². The summed E-state index contributed by atoms with van der Waals surface area (Å²) in [7, 11) is -4.41. The van der Waals surface area contributed by atoms with E-state index in [0.717, 1.165) is 51.4 Å². The molecule has 0 spiro atoms. The standard InChI is InChI=1S/C45H88NO10P/c1-3-5-7-9-11-12-13-14-15-16-17-18-19-20-21-22-23-27-31-35-44(49)53-39-41(40-55-57(51,52)54-38-37-46)56-45(50)36-32-28-24-26-30-34-43(48)42(47)33-29-25-10-8-6-4-2/h25,29,41-43,47-48H,3-24,26-28,30-40,46H2,1-2H3,(H,51,52)/b29-25-/t41-,42+,43+/m1/s1. The SMILES string of the molecule is CCCCC/C=C\C[C@H](O)[C@@H](O)CCCCCCCC(=O)O[C@H](COC(=O)CCCCCCCCCCCCCCCCCCCCC)COP(=O)(O)OCCN. The van der Waals surface area contributed by atoms with Crippen molar-refractivity contribution in [2.45, 2.75) is 238 Å². The lowest BCUT2D eigenvalue weighted by molar-refractivity contribution is -0.161. The highest BCUT2D eigenvalue weighted by Crippen LogP contribution is 2.43. The van der Waals surface area contributed by atoms with Crippen molar-refractivity contribution in [3.05, 3.63) is 12.2 Å². The van der Waals surface area contributed by atoms with Gasteiger partial charge < -0.3 is 30.3 Å². The van der Waals surface area contributed by atoms with E-state index < -0.39 is 44.7 Å². The minimum atomic E-state index is -4.41. The molecular formula is C45H88NO10P. The fourth-order valence-corrected chi connectivity index (χ4v) is 7.48. The molecule has 0 aliphatic heterocycles. The summed E-state index contributed by atoms with van der Waals surface area (Å²) < 4.78 is 32.7. The maximum atomic E-state index is 12.6. The van der Waals surface area contributed by atoms with Gasteiger partial charge in [0.1, 0.15) is 6.61 Å². The van der Waals surface area contributed by atoms with Crippen molar-refractivity contribution in [1.82, 2.24) is 0 Å². The van der Waals surface area contributed by atoms with Gasteiger partial charge in [0.15, 0.2) is 6.10 Å². The van der Waals surface area contributed by atoms with Gasteiger partial charge in [0.05, 0.1) is 25.4 Å². The number of aliphatic hydroxyl groups excluding tert-OH is 2. The highest BCUT2D eigenvalue weighted by molar-refractivity contribution is 7.47. The number of ether oxygens (including phenoxy) is 2. The van der Waals surface area contributed by atoms with Crippen molar-refractivity contribution in [3.8, 4) is 0 Å². The summed E-state index contributed by atoms with van der Waals surface area (Å²) in [6.07, 6.45) is 35.5. The van der Waals surface area contributed by atoms with Crippen LogP contribution >= 0.6 is 7.82 Å². The molecule has 0 saturated carbocycles. The maximum Gasteiger partial charge on any atom is 0.472 e. The number of hydrogen-bond acceptors (Lipinski definition) is 10. The van der Waals surface area contributed by atoms with E-state index in [-0.39, 0.29) is 32.6 Å². The van der Waals surface area contributed by atoms with Crippen molar-refractivity contribution in [3.63, 3.8) is 0 Å². The van der Waals surface area contributed by atoms with Gasteiger partial charge in [0, 0.05) is 19.4 Å². The minimum absolute atomic E-state index is 0.0306. The van der Waals surface area contributed by atoms with Gasteiger partial charge >= 0.3 is 19.8 Å². The van der Waals surface area contributed by atoms with Crippen LogP contribution in [0, 0.1) is 0 Å². The molecule has 57 heavy (non-hydrogen) atoms. The average Bonchev–Trinajstić information content (AvgIpc) is 3.19. The minimum Gasteiger partial charge on any atom is -0.462 e. The maximum absolute atomic E-state index is 12.6. The molecule has 4 atom stereocenters. The number of carbonyl (C=O) groups excluding carboxylic acids is 2. The summed E-state index contributed by atoms with van der Waals surface area (Å²) >= 11 is 0. The summed E-state index contributed by atoms with van der Waals surface area (Å²) in [5.41, 5.74) is 5.34. The lowest BCUT2D eigenvalue weighted by atomic mass is 10.0. The quantitative estimate of drug-likeness (QED) is 0.0199. The first-order chi connectivity index (χ1) is 27.6. The second-order valence-corrected chi connectivity index (χ2v) is 17.4. The van der Waals surface area contributed by atoms with E-state index >= 15 is 0 Å². The molecule has 0 aliphatic rings. The number of rotatable bonds is 44. The van der Waals surface area contributed by atoms with Crippen molar-refractivity contribution < 1.29 is 47.8 Å². The highest BCUT2D eigenvalue weighted by Gasteiger charge is 2.26. The van der Waals surface area contributed by atoms with Crippen LogP contribution in [0.15, 0.2) is 12.2 Å². The van der Waals surface area contributed by atoms with E-state index in [1.54, 1.807) is 0 Å². The third-order valence-electron chi connectivity index (χ3n) is 10.4. The average molecular weight is 834 g/mol. The van der Waals surface area contributed by atoms with Gasteiger partial charge in [-0.25, -0.2) is 4.57 Å². The molecule has 0 heterocycles. The Hall–Kier alpha value is -1.33. The largest absolute Gasteiger partial charge is 0.472 e. The van der Waals surface area contributed by atoms with Crippen LogP contribution < -0.4 is 5.73 Å². The molecule has 11 nitrogen and oxygen atoms in total. The third kappa shape index (κ3) is 39.9. The van der Waals surface area contributed by atoms with Crippen LogP contribution in [-0.2, 0) is 32.7 Å². The van der Waals surface area contributed by atoms with Crippen molar-refractivity contribution in [2.75, 3.05) is 26.4 Å². The Morgan fingerprint density at radius 1 is 0.579 bits per heavy atom. The molecule has 338 valence electrons. The summed E-state index contributed by atoms with van der Waals surface area (Å²) in [5.74, 6) is -0.929. The van der Waals surface area contributed by atoms with Gasteiger partial charge in [0.25, 0.3) is 0 Å². The third-order valence-corrected chi connectivity index (χ3v) is 11.3. The van der Waals surface area contributed by atoms with Crippen molar-refractivity contribution in [2.24, 2.45) is 5.73 Å². The lowest BCUT2D eigenvalue weighted by Gasteiger charge is -2.20. The molecule has 0 rings (SSSR count). The molecule has 0 bridgehead atoms. The Labute approximate surface area is 348 Å². The number of phosphoric acid groups is 1. The predicted molar refractivity (Wildman–Crippen MR) is 232 cm³/mol. The van der Waals surface area contributed by atoms with Crippen LogP contribution in [0.3, 0.4) is 0 Å². The summed E-state index contributed by atoms with van der Waals surface area (Å²) in [6, 6.07) is 0. The molecule has 0 amide bonds. The molecule has 0 radical (unpaired) electrons. The van der Waals surface area contributed by atoms with Gasteiger partial charge in [0.2, 0.25) is 0 Å². The van der Waals surface area contributed by atoms with Gasteiger partial charge in [-0.1, -0.05) is 180 Å². The fourth-order valence-electron chi connectivity index (χ4n) is 6.72. The van der Waals surface area contributed by atoms with Crippen molar-refractivity contribution >= 4 is 19.8 Å². The lowest BCUT2D eigenvalue weighted by Crippen LogP contribution is -2.29. The first-order valence-corrected chi connectivity index (χ1v) is 24.8. The Morgan fingerprint density at radius 3 is 1.54 bits per heavy atom. The molecule has 0 aromatic heterocycles. The number of hydrogen-bond donors (Lipinski definition) is 4. The van der Waals surface area contributed by atoms with E-state index in [0.29, 0.717) is 25.7 Å². The number of aliphatic hydroxyl groups is 2. The van der Waals surface area contributed by atoms with Gasteiger partial charge in [-0.15, -0.1) is 0 Å². The molecule has 12 heteroatoms. The van der Waals surface area contributed by atoms with E-state index in [4.69, 9.17) is 24.3 Å². The molecule has 1 unspecified atom stereocenters. The topological polar surface area (TPSA) is 175 Å². The number of allylic oxidation sites excluding steroid dienone is 1. The predicted octanol–water partition coefficient (Wildman–Crippen LogP) is 11.3. The van der Waals surface area contributed by atoms with Crippen LogP contribution in [0.25, 0.3) is 0 Å². The molecule has 5 N–H and O–H groups in total.